The standard InChI is InChI=1S/C8H12N4O4/c1-3-8(2,6(14)15)10-4-5(13)9-7(16)12-11-4/h3H2,1-2H3,(H,10,11)(H,14,15)(H2,9,12,13,16)/p-1/t8-/m1/s1. The summed E-state index contributed by atoms with van der Waals surface area (Å²) in [5.41, 5.74) is -2.97. The lowest BCUT2D eigenvalue weighted by molar-refractivity contribution is -0.311. The topological polar surface area (TPSA) is 131 Å². The van der Waals surface area contributed by atoms with Crippen molar-refractivity contribution < 1.29 is 9.90 Å². The van der Waals surface area contributed by atoms with Crippen molar-refractivity contribution in [3.63, 3.8) is 0 Å². The molecule has 0 bridgehead atoms. The van der Waals surface area contributed by atoms with Crippen LogP contribution in [-0.4, -0.2) is 26.7 Å². The van der Waals surface area contributed by atoms with Gasteiger partial charge >= 0.3 is 5.69 Å². The molecule has 3 N–H and O–H groups in total. The summed E-state index contributed by atoms with van der Waals surface area (Å²) >= 11 is 0. The van der Waals surface area contributed by atoms with E-state index >= 15 is 0 Å². The van der Waals surface area contributed by atoms with Gasteiger partial charge in [0.25, 0.3) is 5.56 Å². The molecule has 16 heavy (non-hydrogen) atoms. The summed E-state index contributed by atoms with van der Waals surface area (Å²) in [5.74, 6) is -1.63. The molecule has 0 radical (unpaired) electrons. The van der Waals surface area contributed by atoms with Crippen LogP contribution >= 0.6 is 0 Å². The smallest absolute Gasteiger partial charge is 0.342 e. The summed E-state index contributed by atoms with van der Waals surface area (Å²) in [6.45, 7) is 2.97. The van der Waals surface area contributed by atoms with Crippen molar-refractivity contribution in [3.05, 3.63) is 20.8 Å². The van der Waals surface area contributed by atoms with Gasteiger partial charge < -0.3 is 15.2 Å². The number of rotatable bonds is 4. The highest BCUT2D eigenvalue weighted by molar-refractivity contribution is 5.79. The van der Waals surface area contributed by atoms with Crippen LogP contribution in [0.25, 0.3) is 0 Å². The Labute approximate surface area is 89.7 Å². The minimum absolute atomic E-state index is 0.190. The average molecular weight is 227 g/mol. The molecule has 0 aliphatic rings. The third-order valence-corrected chi connectivity index (χ3v) is 2.26. The summed E-state index contributed by atoms with van der Waals surface area (Å²) in [6, 6.07) is 0. The summed E-state index contributed by atoms with van der Waals surface area (Å²) in [6.07, 6.45) is 0.190. The van der Waals surface area contributed by atoms with E-state index in [1.807, 2.05) is 10.1 Å². The first-order valence-electron chi connectivity index (χ1n) is 4.57. The number of carboxylic acids is 1. The van der Waals surface area contributed by atoms with Gasteiger partial charge in [0.2, 0.25) is 5.82 Å². The van der Waals surface area contributed by atoms with E-state index in [0.717, 1.165) is 0 Å². The summed E-state index contributed by atoms with van der Waals surface area (Å²) in [5, 5.41) is 18.7. The zero-order chi connectivity index (χ0) is 12.3. The largest absolute Gasteiger partial charge is 0.548 e. The molecule has 1 rings (SSSR count). The third kappa shape index (κ3) is 2.27. The maximum absolute atomic E-state index is 11.2. The fourth-order valence-corrected chi connectivity index (χ4v) is 0.978. The van der Waals surface area contributed by atoms with E-state index in [0.29, 0.717) is 0 Å². The van der Waals surface area contributed by atoms with E-state index in [9.17, 15) is 19.5 Å². The van der Waals surface area contributed by atoms with Crippen molar-refractivity contribution in [2.45, 2.75) is 25.8 Å². The van der Waals surface area contributed by atoms with E-state index in [1.165, 1.54) is 6.92 Å². The number of H-pyrrole nitrogens is 2. The number of aromatic amines is 2. The molecule has 0 aliphatic carbocycles. The highest BCUT2D eigenvalue weighted by atomic mass is 16.4. The summed E-state index contributed by atoms with van der Waals surface area (Å²) in [4.78, 5) is 34.7. The van der Waals surface area contributed by atoms with Gasteiger partial charge in [-0.25, -0.2) is 9.89 Å². The second-order valence-corrected chi connectivity index (χ2v) is 3.45. The first-order chi connectivity index (χ1) is 7.39. The Hall–Kier alpha value is -2.12. The highest BCUT2D eigenvalue weighted by Crippen LogP contribution is 2.12. The number of carboxylic acid groups (broad SMARTS) is 1. The Balaban J connectivity index is 3.09. The predicted molar refractivity (Wildman–Crippen MR) is 52.8 cm³/mol. The van der Waals surface area contributed by atoms with Crippen molar-refractivity contribution >= 4 is 11.8 Å². The lowest BCUT2D eigenvalue weighted by atomic mass is 9.99. The zero-order valence-electron chi connectivity index (χ0n) is 8.79. The van der Waals surface area contributed by atoms with E-state index in [4.69, 9.17) is 0 Å². The fraction of sp³-hybridized carbons (Fsp3) is 0.500. The molecule has 1 atom stereocenters. The molecule has 0 saturated heterocycles. The van der Waals surface area contributed by atoms with Crippen LogP contribution in [0.2, 0.25) is 0 Å². The van der Waals surface area contributed by atoms with E-state index in [2.05, 4.69) is 10.4 Å². The average Bonchev–Trinajstić information content (AvgIpc) is 2.22. The molecule has 8 heteroatoms. The molecule has 0 aliphatic heterocycles. The van der Waals surface area contributed by atoms with Gasteiger partial charge in [-0.3, -0.25) is 9.78 Å². The van der Waals surface area contributed by atoms with Gasteiger partial charge in [0, 0.05) is 0 Å². The molecule has 0 spiro atoms. The van der Waals surface area contributed by atoms with Crippen molar-refractivity contribution in [2.75, 3.05) is 5.32 Å². The van der Waals surface area contributed by atoms with E-state index in [1.54, 1.807) is 6.92 Å². The monoisotopic (exact) mass is 227 g/mol. The molecular weight excluding hydrogens is 216 g/mol. The molecule has 1 aromatic heterocycles. The normalized spacial score (nSPS) is 14.1. The van der Waals surface area contributed by atoms with Crippen LogP contribution in [0.3, 0.4) is 0 Å². The van der Waals surface area contributed by atoms with E-state index in [-0.39, 0.29) is 12.2 Å². The lowest BCUT2D eigenvalue weighted by Crippen LogP contribution is -2.52. The molecule has 1 heterocycles. The Morgan fingerprint density at radius 2 is 2.19 bits per heavy atom. The zero-order valence-corrected chi connectivity index (χ0v) is 8.79. The summed E-state index contributed by atoms with van der Waals surface area (Å²) < 4.78 is 0. The minimum atomic E-state index is -1.42. The van der Waals surface area contributed by atoms with Crippen LogP contribution in [0.4, 0.5) is 5.82 Å². The number of carbonyl (C=O) groups is 1. The fourth-order valence-electron chi connectivity index (χ4n) is 0.978. The molecule has 0 saturated carbocycles. The van der Waals surface area contributed by atoms with Crippen LogP contribution in [0.1, 0.15) is 20.3 Å². The molecule has 0 aromatic carbocycles. The van der Waals surface area contributed by atoms with Crippen molar-refractivity contribution in [2.24, 2.45) is 0 Å². The maximum Gasteiger partial charge on any atom is 0.342 e. The SMILES string of the molecule is CC[C@@](C)(Nc1n[nH]c(=O)[nH]c1=O)C(=O)[O-]. The lowest BCUT2D eigenvalue weighted by Gasteiger charge is -2.30. The number of nitrogens with one attached hydrogen (secondary N) is 3. The van der Waals surface area contributed by atoms with Crippen molar-refractivity contribution in [3.8, 4) is 0 Å². The van der Waals surface area contributed by atoms with Crippen molar-refractivity contribution in [1.82, 2.24) is 15.2 Å². The van der Waals surface area contributed by atoms with Gasteiger partial charge in [-0.05, 0) is 13.3 Å². The van der Waals surface area contributed by atoms with Crippen LogP contribution in [0.5, 0.6) is 0 Å². The summed E-state index contributed by atoms with van der Waals surface area (Å²) in [7, 11) is 0. The Bertz CT molecular complexity index is 505. The van der Waals surface area contributed by atoms with E-state index < -0.39 is 22.8 Å². The molecule has 0 unspecified atom stereocenters. The molecule has 8 nitrogen and oxygen atoms in total. The van der Waals surface area contributed by atoms with Crippen molar-refractivity contribution in [1.29, 1.82) is 0 Å². The molecule has 88 valence electrons. The number of anilines is 1. The van der Waals surface area contributed by atoms with Crippen LogP contribution in [0.15, 0.2) is 9.59 Å². The van der Waals surface area contributed by atoms with Crippen LogP contribution < -0.4 is 21.7 Å². The number of carbonyl (C=O) groups excluding carboxylic acids is 1. The minimum Gasteiger partial charge on any atom is -0.548 e. The Morgan fingerprint density at radius 1 is 1.56 bits per heavy atom. The highest BCUT2D eigenvalue weighted by Gasteiger charge is 2.25. The van der Waals surface area contributed by atoms with Crippen LogP contribution in [0, 0.1) is 0 Å². The Kier molecular flexibility index (Phi) is 3.11. The van der Waals surface area contributed by atoms with Gasteiger partial charge in [0.05, 0.1) is 11.5 Å². The second kappa shape index (κ2) is 4.17. The number of hydrogen-bond donors (Lipinski definition) is 3. The van der Waals surface area contributed by atoms with Gasteiger partial charge in [0.1, 0.15) is 0 Å². The van der Waals surface area contributed by atoms with Gasteiger partial charge in [0.15, 0.2) is 0 Å². The molecule has 1 aromatic rings. The number of nitrogens with zero attached hydrogens (tertiary/aromatic N) is 1. The first kappa shape index (κ1) is 12.0. The quantitative estimate of drug-likeness (QED) is 0.534. The molecule has 0 fully saturated rings. The number of aliphatic carboxylic acids is 1. The number of hydrogen-bond acceptors (Lipinski definition) is 6. The second-order valence-electron chi connectivity index (χ2n) is 3.45. The van der Waals surface area contributed by atoms with Gasteiger partial charge in [-0.2, -0.15) is 0 Å². The van der Waals surface area contributed by atoms with Gasteiger partial charge in [-0.15, -0.1) is 5.10 Å². The van der Waals surface area contributed by atoms with Crippen LogP contribution in [-0.2, 0) is 4.79 Å². The third-order valence-electron chi connectivity index (χ3n) is 2.26. The number of aromatic nitrogens is 3. The Morgan fingerprint density at radius 3 is 2.62 bits per heavy atom. The molecule has 0 amide bonds. The first-order valence-corrected chi connectivity index (χ1v) is 4.57. The van der Waals surface area contributed by atoms with Gasteiger partial charge in [-0.1, -0.05) is 6.92 Å². The molecular formula is C8H11N4O4-. The predicted octanol–water partition coefficient (Wildman–Crippen LogP) is -2.21. The maximum atomic E-state index is 11.2.